The molecule has 1 fully saturated rings. The van der Waals surface area contributed by atoms with Gasteiger partial charge >= 0.3 is 0 Å². The van der Waals surface area contributed by atoms with Gasteiger partial charge in [0, 0.05) is 13.0 Å². The van der Waals surface area contributed by atoms with Gasteiger partial charge in [-0.05, 0) is 25.4 Å². The molecule has 1 aliphatic carbocycles. The number of nitrogens with zero attached hydrogens (tertiary/aromatic N) is 1. The van der Waals surface area contributed by atoms with Gasteiger partial charge in [0.15, 0.2) is 0 Å². The Morgan fingerprint density at radius 3 is 2.62 bits per heavy atom. The highest BCUT2D eigenvalue weighted by atomic mass is 32.1. The summed E-state index contributed by atoms with van der Waals surface area (Å²) in [4.78, 5) is 3.09. The molecule has 0 bridgehead atoms. The first kappa shape index (κ1) is 10.9. The molecule has 0 spiro atoms. The smallest absolute Gasteiger partial charge is 0.0740 e. The molecular weight excluding hydrogens is 180 g/mol. The Morgan fingerprint density at radius 2 is 2.15 bits per heavy atom. The van der Waals surface area contributed by atoms with Crippen LogP contribution in [0.1, 0.15) is 32.6 Å². The van der Waals surface area contributed by atoms with Gasteiger partial charge in [0.05, 0.1) is 4.99 Å². The van der Waals surface area contributed by atoms with Crippen LogP contribution >= 0.6 is 12.2 Å². The van der Waals surface area contributed by atoms with E-state index < -0.39 is 0 Å². The Balaban J connectivity index is 2.05. The van der Waals surface area contributed by atoms with Gasteiger partial charge in [0.2, 0.25) is 0 Å². The minimum Gasteiger partial charge on any atom is -0.393 e. The predicted molar refractivity (Wildman–Crippen MR) is 60.9 cm³/mol. The molecule has 0 aromatic carbocycles. The zero-order valence-corrected chi connectivity index (χ0v) is 9.28. The van der Waals surface area contributed by atoms with Crippen molar-refractivity contribution in [2.45, 2.75) is 32.6 Å². The summed E-state index contributed by atoms with van der Waals surface area (Å²) >= 11 is 4.86. The molecule has 0 heterocycles. The van der Waals surface area contributed by atoms with Crippen LogP contribution in [0, 0.1) is 5.92 Å². The first-order chi connectivity index (χ1) is 6.22. The van der Waals surface area contributed by atoms with Crippen molar-refractivity contribution in [2.24, 2.45) is 11.7 Å². The number of hydrogen-bond acceptors (Lipinski definition) is 2. The van der Waals surface area contributed by atoms with Crippen LogP contribution in [0.15, 0.2) is 0 Å². The SMILES string of the molecule is CCN(CCC(N)=S)CCC1CC1. The van der Waals surface area contributed by atoms with Crippen LogP contribution in [-0.2, 0) is 0 Å². The third-order valence-corrected chi connectivity index (χ3v) is 2.88. The molecule has 0 amide bonds. The average molecular weight is 200 g/mol. The third kappa shape index (κ3) is 5.21. The summed E-state index contributed by atoms with van der Waals surface area (Å²) in [5.41, 5.74) is 5.47. The van der Waals surface area contributed by atoms with Crippen molar-refractivity contribution >= 4 is 17.2 Å². The van der Waals surface area contributed by atoms with Gasteiger partial charge in [-0.2, -0.15) is 0 Å². The van der Waals surface area contributed by atoms with Crippen LogP contribution in [0.25, 0.3) is 0 Å². The molecule has 0 radical (unpaired) electrons. The van der Waals surface area contributed by atoms with Crippen molar-refractivity contribution < 1.29 is 0 Å². The van der Waals surface area contributed by atoms with Crippen molar-refractivity contribution in [3.8, 4) is 0 Å². The van der Waals surface area contributed by atoms with E-state index in [-0.39, 0.29) is 0 Å². The van der Waals surface area contributed by atoms with Gasteiger partial charge in [-0.1, -0.05) is 32.0 Å². The summed E-state index contributed by atoms with van der Waals surface area (Å²) in [6.45, 7) is 5.59. The molecule has 0 aromatic heterocycles. The summed E-state index contributed by atoms with van der Waals surface area (Å²) in [7, 11) is 0. The van der Waals surface area contributed by atoms with Crippen molar-refractivity contribution in [1.29, 1.82) is 0 Å². The fraction of sp³-hybridized carbons (Fsp3) is 0.900. The Morgan fingerprint density at radius 1 is 1.46 bits per heavy atom. The molecule has 1 saturated carbocycles. The topological polar surface area (TPSA) is 29.3 Å². The normalized spacial score (nSPS) is 16.5. The van der Waals surface area contributed by atoms with Gasteiger partial charge in [-0.15, -0.1) is 0 Å². The second-order valence-corrected chi connectivity index (χ2v) is 4.41. The maximum Gasteiger partial charge on any atom is 0.0740 e. The van der Waals surface area contributed by atoms with Gasteiger partial charge in [0.25, 0.3) is 0 Å². The lowest BCUT2D eigenvalue weighted by Crippen LogP contribution is -2.28. The largest absolute Gasteiger partial charge is 0.393 e. The first-order valence-corrected chi connectivity index (χ1v) is 5.64. The molecule has 0 aromatic rings. The van der Waals surface area contributed by atoms with E-state index in [4.69, 9.17) is 18.0 Å². The van der Waals surface area contributed by atoms with E-state index in [0.29, 0.717) is 4.99 Å². The fourth-order valence-corrected chi connectivity index (χ4v) is 1.56. The first-order valence-electron chi connectivity index (χ1n) is 5.23. The van der Waals surface area contributed by atoms with E-state index in [0.717, 1.165) is 25.4 Å². The van der Waals surface area contributed by atoms with Gasteiger partial charge in [-0.3, -0.25) is 0 Å². The third-order valence-electron chi connectivity index (χ3n) is 2.67. The predicted octanol–water partition coefficient (Wildman–Crippen LogP) is 1.78. The molecule has 0 aliphatic heterocycles. The molecule has 76 valence electrons. The number of thiocarbonyl (C=S) groups is 1. The molecule has 13 heavy (non-hydrogen) atoms. The van der Waals surface area contributed by atoms with Crippen LogP contribution in [0.5, 0.6) is 0 Å². The zero-order chi connectivity index (χ0) is 9.68. The summed E-state index contributed by atoms with van der Waals surface area (Å²) in [5, 5.41) is 0. The quantitative estimate of drug-likeness (QED) is 0.635. The molecule has 1 rings (SSSR count). The van der Waals surface area contributed by atoms with E-state index >= 15 is 0 Å². The monoisotopic (exact) mass is 200 g/mol. The Labute approximate surface area is 86.5 Å². The maximum atomic E-state index is 5.47. The second kappa shape index (κ2) is 5.55. The van der Waals surface area contributed by atoms with Crippen LogP contribution < -0.4 is 5.73 Å². The number of hydrogen-bond donors (Lipinski definition) is 1. The van der Waals surface area contributed by atoms with E-state index in [2.05, 4.69) is 11.8 Å². The highest BCUT2D eigenvalue weighted by Gasteiger charge is 2.21. The summed E-state index contributed by atoms with van der Waals surface area (Å²) in [6.07, 6.45) is 5.14. The molecule has 0 unspecified atom stereocenters. The Bertz CT molecular complexity index is 166. The summed E-state index contributed by atoms with van der Waals surface area (Å²) < 4.78 is 0. The Hall–Kier alpha value is -0.150. The van der Waals surface area contributed by atoms with Gasteiger partial charge in [0.1, 0.15) is 0 Å². The van der Waals surface area contributed by atoms with Crippen molar-refractivity contribution in [1.82, 2.24) is 4.90 Å². The molecule has 2 N–H and O–H groups in total. The molecule has 1 aliphatic rings. The van der Waals surface area contributed by atoms with Crippen LogP contribution in [-0.4, -0.2) is 29.5 Å². The molecule has 0 atom stereocenters. The van der Waals surface area contributed by atoms with Crippen LogP contribution in [0.2, 0.25) is 0 Å². The molecular formula is C10H20N2S. The summed E-state index contributed by atoms with van der Waals surface area (Å²) in [5.74, 6) is 1.03. The number of nitrogens with two attached hydrogens (primary N) is 1. The van der Waals surface area contributed by atoms with Crippen LogP contribution in [0.4, 0.5) is 0 Å². The minimum absolute atomic E-state index is 0.643. The summed E-state index contributed by atoms with van der Waals surface area (Å²) in [6, 6.07) is 0. The van der Waals surface area contributed by atoms with Crippen molar-refractivity contribution in [2.75, 3.05) is 19.6 Å². The standard InChI is InChI=1S/C10H20N2S/c1-2-12(8-6-10(11)13)7-5-9-3-4-9/h9H,2-8H2,1H3,(H2,11,13). The average Bonchev–Trinajstić information content (AvgIpc) is 2.88. The van der Waals surface area contributed by atoms with E-state index in [1.54, 1.807) is 0 Å². The lowest BCUT2D eigenvalue weighted by Gasteiger charge is -2.19. The lowest BCUT2D eigenvalue weighted by molar-refractivity contribution is 0.287. The molecule has 2 nitrogen and oxygen atoms in total. The van der Waals surface area contributed by atoms with Crippen molar-refractivity contribution in [3.05, 3.63) is 0 Å². The van der Waals surface area contributed by atoms with E-state index in [1.807, 2.05) is 0 Å². The maximum absolute atomic E-state index is 5.47. The van der Waals surface area contributed by atoms with Crippen molar-refractivity contribution in [3.63, 3.8) is 0 Å². The highest BCUT2D eigenvalue weighted by Crippen LogP contribution is 2.32. The zero-order valence-electron chi connectivity index (χ0n) is 8.46. The van der Waals surface area contributed by atoms with Gasteiger partial charge in [-0.25, -0.2) is 0 Å². The second-order valence-electron chi connectivity index (χ2n) is 3.88. The molecule has 3 heteroatoms. The lowest BCUT2D eigenvalue weighted by atomic mass is 10.2. The highest BCUT2D eigenvalue weighted by molar-refractivity contribution is 7.80. The Kier molecular flexibility index (Phi) is 4.67. The van der Waals surface area contributed by atoms with Crippen LogP contribution in [0.3, 0.4) is 0 Å². The minimum atomic E-state index is 0.643. The van der Waals surface area contributed by atoms with E-state index in [1.165, 1.54) is 25.8 Å². The molecule has 0 saturated heterocycles. The van der Waals surface area contributed by atoms with Gasteiger partial charge < -0.3 is 10.6 Å². The van der Waals surface area contributed by atoms with E-state index in [9.17, 15) is 0 Å². The number of rotatable bonds is 7. The fourth-order valence-electron chi connectivity index (χ4n) is 1.47.